The third kappa shape index (κ3) is 9.76. The van der Waals surface area contributed by atoms with Crippen molar-refractivity contribution in [2.45, 2.75) is 60.8 Å². The highest BCUT2D eigenvalue weighted by Crippen LogP contribution is 2.18. The minimum absolute atomic E-state index is 0.764. The Morgan fingerprint density at radius 2 is 0.875 bits per heavy atom. The molecule has 0 unspecified atom stereocenters. The molecule has 0 N–H and O–H groups in total. The lowest BCUT2D eigenvalue weighted by atomic mass is 9.94. The lowest BCUT2D eigenvalue weighted by Crippen LogP contribution is -1.97. The molecule has 0 aromatic heterocycles. The predicted molar refractivity (Wildman–Crippen MR) is 75.6 cm³/mol. The van der Waals surface area contributed by atoms with Crippen LogP contribution in [0.5, 0.6) is 0 Å². The molecule has 92 valence electrons. The van der Waals surface area contributed by atoms with Crippen LogP contribution in [0, 0.1) is 5.92 Å². The van der Waals surface area contributed by atoms with Crippen molar-refractivity contribution in [3.8, 4) is 0 Å². The van der Waals surface area contributed by atoms with Gasteiger partial charge in [-0.25, -0.2) is 0 Å². The van der Waals surface area contributed by atoms with Gasteiger partial charge >= 0.3 is 0 Å². The van der Waals surface area contributed by atoms with Crippen molar-refractivity contribution < 1.29 is 0 Å². The van der Waals surface area contributed by atoms with Crippen LogP contribution in [-0.4, -0.2) is 0 Å². The van der Waals surface area contributed by atoms with E-state index in [0.29, 0.717) is 0 Å². The second kappa shape index (κ2) is 8.38. The Hall–Kier alpha value is -0.780. The van der Waals surface area contributed by atoms with E-state index in [-0.39, 0.29) is 0 Å². The molecule has 0 bridgehead atoms. The molecule has 0 aliphatic carbocycles. The predicted octanol–water partition coefficient (Wildman–Crippen LogP) is 5.67. The van der Waals surface area contributed by atoms with Gasteiger partial charge in [0.25, 0.3) is 0 Å². The number of rotatable bonds is 6. The third-order valence-electron chi connectivity index (χ3n) is 2.58. The van der Waals surface area contributed by atoms with Crippen LogP contribution in [0.2, 0.25) is 0 Å². The van der Waals surface area contributed by atoms with Gasteiger partial charge in [-0.05, 0) is 66.7 Å². The van der Waals surface area contributed by atoms with Crippen LogP contribution < -0.4 is 0 Å². The summed E-state index contributed by atoms with van der Waals surface area (Å²) in [6, 6.07) is 0. The Morgan fingerprint density at radius 1 is 0.625 bits per heavy atom. The van der Waals surface area contributed by atoms with E-state index < -0.39 is 0 Å². The summed E-state index contributed by atoms with van der Waals surface area (Å²) in [5.41, 5.74) is 4.29. The van der Waals surface area contributed by atoms with E-state index in [0.717, 1.165) is 5.92 Å². The molecule has 0 heteroatoms. The van der Waals surface area contributed by atoms with Crippen molar-refractivity contribution in [3.63, 3.8) is 0 Å². The molecule has 0 heterocycles. The van der Waals surface area contributed by atoms with Crippen molar-refractivity contribution in [2.24, 2.45) is 5.92 Å². The van der Waals surface area contributed by atoms with Crippen LogP contribution in [0.25, 0.3) is 0 Å². The Bertz CT molecular complexity index is 217. The van der Waals surface area contributed by atoms with Gasteiger partial charge in [-0.3, -0.25) is 0 Å². The molecule has 0 spiro atoms. The second-order valence-electron chi connectivity index (χ2n) is 5.42. The fourth-order valence-electron chi connectivity index (χ4n) is 1.50. The minimum atomic E-state index is 0.764. The molecule has 0 aromatic rings. The van der Waals surface area contributed by atoms with Crippen LogP contribution in [-0.2, 0) is 0 Å². The van der Waals surface area contributed by atoms with Gasteiger partial charge in [0, 0.05) is 0 Å². The molecular formula is C16H28. The maximum Gasteiger partial charge on any atom is -0.0310 e. The summed E-state index contributed by atoms with van der Waals surface area (Å²) in [4.78, 5) is 0. The zero-order valence-corrected chi connectivity index (χ0v) is 11.9. The van der Waals surface area contributed by atoms with Crippen LogP contribution in [0.4, 0.5) is 0 Å². The van der Waals surface area contributed by atoms with Crippen LogP contribution in [0.15, 0.2) is 34.9 Å². The highest BCUT2D eigenvalue weighted by molar-refractivity contribution is 5.01. The van der Waals surface area contributed by atoms with Crippen molar-refractivity contribution in [2.75, 3.05) is 0 Å². The first-order valence-corrected chi connectivity index (χ1v) is 6.32. The van der Waals surface area contributed by atoms with E-state index in [1.165, 1.54) is 36.0 Å². The Kier molecular flexibility index (Phi) is 7.97. The van der Waals surface area contributed by atoms with Gasteiger partial charge in [-0.2, -0.15) is 0 Å². The molecule has 0 fully saturated rings. The quantitative estimate of drug-likeness (QED) is 0.506. The van der Waals surface area contributed by atoms with Gasteiger partial charge in [0.05, 0.1) is 0 Å². The monoisotopic (exact) mass is 220 g/mol. The molecular weight excluding hydrogens is 192 g/mol. The van der Waals surface area contributed by atoms with E-state index in [1.54, 1.807) is 0 Å². The molecule has 0 aliphatic rings. The van der Waals surface area contributed by atoms with Crippen molar-refractivity contribution >= 4 is 0 Å². The van der Waals surface area contributed by atoms with Crippen LogP contribution in [0.1, 0.15) is 60.8 Å². The standard InChI is InChI=1S/C16H28/c1-13(2)7-10-16(11-8-14(3)4)12-9-15(5)6/h7-9,16H,10-12H2,1-6H3. The smallest absolute Gasteiger partial charge is 0.0310 e. The molecule has 0 rings (SSSR count). The summed E-state index contributed by atoms with van der Waals surface area (Å²) in [6.07, 6.45) is 10.7. The lowest BCUT2D eigenvalue weighted by Gasteiger charge is -2.11. The summed E-state index contributed by atoms with van der Waals surface area (Å²) < 4.78 is 0. The van der Waals surface area contributed by atoms with Crippen molar-refractivity contribution in [1.82, 2.24) is 0 Å². The molecule has 0 nitrogen and oxygen atoms in total. The van der Waals surface area contributed by atoms with Crippen molar-refractivity contribution in [3.05, 3.63) is 34.9 Å². The van der Waals surface area contributed by atoms with Gasteiger partial charge in [-0.1, -0.05) is 34.9 Å². The summed E-state index contributed by atoms with van der Waals surface area (Å²) in [5, 5.41) is 0. The van der Waals surface area contributed by atoms with Crippen LogP contribution in [0.3, 0.4) is 0 Å². The second-order valence-corrected chi connectivity index (χ2v) is 5.42. The minimum Gasteiger partial charge on any atom is -0.0856 e. The highest BCUT2D eigenvalue weighted by Gasteiger charge is 2.03. The number of hydrogen-bond acceptors (Lipinski definition) is 0. The first-order valence-electron chi connectivity index (χ1n) is 6.32. The van der Waals surface area contributed by atoms with Crippen molar-refractivity contribution in [1.29, 1.82) is 0 Å². The summed E-state index contributed by atoms with van der Waals surface area (Å²) in [6.45, 7) is 13.1. The van der Waals surface area contributed by atoms with Gasteiger partial charge in [0.2, 0.25) is 0 Å². The molecule has 0 aromatic carbocycles. The lowest BCUT2D eigenvalue weighted by molar-refractivity contribution is 0.546. The zero-order valence-electron chi connectivity index (χ0n) is 11.9. The maximum atomic E-state index is 2.36. The number of hydrogen-bond donors (Lipinski definition) is 0. The number of allylic oxidation sites excluding steroid dienone is 6. The van der Waals surface area contributed by atoms with E-state index in [2.05, 4.69) is 59.8 Å². The van der Waals surface area contributed by atoms with Gasteiger partial charge < -0.3 is 0 Å². The molecule has 0 saturated carbocycles. The molecule has 0 aliphatic heterocycles. The first kappa shape index (κ1) is 15.2. The summed E-state index contributed by atoms with van der Waals surface area (Å²) in [5.74, 6) is 0.764. The van der Waals surface area contributed by atoms with Crippen LogP contribution >= 0.6 is 0 Å². The fraction of sp³-hybridized carbons (Fsp3) is 0.625. The van der Waals surface area contributed by atoms with E-state index in [1.807, 2.05) is 0 Å². The topological polar surface area (TPSA) is 0 Å². The summed E-state index contributed by atoms with van der Waals surface area (Å²) >= 11 is 0. The van der Waals surface area contributed by atoms with E-state index >= 15 is 0 Å². The van der Waals surface area contributed by atoms with Gasteiger partial charge in [0.1, 0.15) is 0 Å². The summed E-state index contributed by atoms with van der Waals surface area (Å²) in [7, 11) is 0. The average Bonchev–Trinajstić information content (AvgIpc) is 2.15. The first-order chi connectivity index (χ1) is 7.41. The normalized spacial score (nSPS) is 9.94. The molecule has 16 heavy (non-hydrogen) atoms. The maximum absolute atomic E-state index is 2.36. The fourth-order valence-corrected chi connectivity index (χ4v) is 1.50. The Labute approximate surface area is 102 Å². The van der Waals surface area contributed by atoms with E-state index in [4.69, 9.17) is 0 Å². The largest absolute Gasteiger partial charge is 0.0856 e. The SMILES string of the molecule is CC(C)=CCC(CC=C(C)C)CC=C(C)C. The van der Waals surface area contributed by atoms with E-state index in [9.17, 15) is 0 Å². The Balaban J connectivity index is 4.33. The van der Waals surface area contributed by atoms with Gasteiger partial charge in [0.15, 0.2) is 0 Å². The van der Waals surface area contributed by atoms with Gasteiger partial charge in [-0.15, -0.1) is 0 Å². The Morgan fingerprint density at radius 3 is 1.06 bits per heavy atom. The highest BCUT2D eigenvalue weighted by atomic mass is 14.1. The third-order valence-corrected chi connectivity index (χ3v) is 2.58. The average molecular weight is 220 g/mol. The molecule has 0 radical (unpaired) electrons. The molecule has 0 amide bonds. The zero-order chi connectivity index (χ0) is 12.6. The molecule has 0 saturated heterocycles. The molecule has 0 atom stereocenters.